The first kappa shape index (κ1) is 22.7. The van der Waals surface area contributed by atoms with Gasteiger partial charge in [-0.1, -0.05) is 71.4 Å². The molecule has 1 nitrogen and oxygen atoms in total. The Morgan fingerprint density at radius 1 is 1.03 bits per heavy atom. The molecule has 1 saturated carbocycles. The first-order valence-corrected chi connectivity index (χ1v) is 11.9. The molecule has 0 aromatic heterocycles. The van der Waals surface area contributed by atoms with Crippen molar-refractivity contribution >= 4 is 11.4 Å². The van der Waals surface area contributed by atoms with E-state index < -0.39 is 0 Å². The minimum Gasteiger partial charge on any atom is -0.315 e. The highest BCUT2D eigenvalue weighted by Gasteiger charge is 2.37. The van der Waals surface area contributed by atoms with Crippen LogP contribution in [0.25, 0.3) is 0 Å². The largest absolute Gasteiger partial charge is 0.315 e. The predicted molar refractivity (Wildman–Crippen MR) is 133 cm³/mol. The molecule has 1 aliphatic rings. The van der Waals surface area contributed by atoms with E-state index in [1.165, 1.54) is 52.9 Å². The van der Waals surface area contributed by atoms with Crippen molar-refractivity contribution in [1.29, 1.82) is 0 Å². The molecule has 0 aliphatic heterocycles. The van der Waals surface area contributed by atoms with E-state index in [0.717, 1.165) is 30.4 Å². The van der Waals surface area contributed by atoms with Gasteiger partial charge in [0.05, 0.1) is 5.69 Å². The lowest BCUT2D eigenvalue weighted by molar-refractivity contribution is 0.439. The molecular formula is C29H41N. The SMILES string of the molecule is C=C(C)N(c1ccc(C(C)(CC)CC)cc1)c1c(C)cc(C2CC2CCC)cc1C. The quantitative estimate of drug-likeness (QED) is 0.404. The Bertz CT molecular complexity index is 862. The molecular weight excluding hydrogens is 362 g/mol. The van der Waals surface area contributed by atoms with Crippen molar-refractivity contribution < 1.29 is 0 Å². The standard InChI is InChI=1S/C29H41N/c1-9-12-23-19-27(23)24-17-21(6)28(22(7)18-24)30(20(4)5)26-15-13-25(14-16-26)29(8,10-2)11-3/h13-18,23,27H,4,9-12,19H2,1-3,5-8H3. The van der Waals surface area contributed by atoms with Gasteiger partial charge in [-0.2, -0.15) is 0 Å². The fourth-order valence-corrected chi connectivity index (χ4v) is 5.11. The molecule has 0 spiro atoms. The van der Waals surface area contributed by atoms with E-state index in [1.54, 1.807) is 0 Å². The van der Waals surface area contributed by atoms with Crippen LogP contribution >= 0.6 is 0 Å². The summed E-state index contributed by atoms with van der Waals surface area (Å²) in [5.74, 6) is 1.67. The van der Waals surface area contributed by atoms with Crippen LogP contribution < -0.4 is 4.90 Å². The fraction of sp³-hybridized carbons (Fsp3) is 0.517. The molecule has 2 aromatic carbocycles. The number of hydrogen-bond donors (Lipinski definition) is 0. The number of aryl methyl sites for hydroxylation is 2. The Balaban J connectivity index is 1.95. The van der Waals surface area contributed by atoms with E-state index >= 15 is 0 Å². The average Bonchev–Trinajstić information content (AvgIpc) is 3.49. The smallest absolute Gasteiger partial charge is 0.0516 e. The molecule has 0 amide bonds. The minimum atomic E-state index is 0.249. The van der Waals surface area contributed by atoms with E-state index in [-0.39, 0.29) is 5.41 Å². The molecule has 2 atom stereocenters. The molecule has 1 heteroatoms. The second-order valence-corrected chi connectivity index (χ2v) is 9.78. The Labute approximate surface area is 185 Å². The van der Waals surface area contributed by atoms with E-state index in [2.05, 4.69) is 96.3 Å². The monoisotopic (exact) mass is 403 g/mol. The van der Waals surface area contributed by atoms with Crippen LogP contribution in [0.4, 0.5) is 11.4 Å². The Kier molecular flexibility index (Phi) is 6.80. The molecule has 30 heavy (non-hydrogen) atoms. The van der Waals surface area contributed by atoms with Crippen molar-refractivity contribution in [3.8, 4) is 0 Å². The maximum atomic E-state index is 4.33. The molecule has 2 aromatic rings. The molecule has 0 N–H and O–H groups in total. The van der Waals surface area contributed by atoms with Crippen LogP contribution in [-0.4, -0.2) is 0 Å². The van der Waals surface area contributed by atoms with Gasteiger partial charge in [-0.3, -0.25) is 0 Å². The number of rotatable bonds is 9. The summed E-state index contributed by atoms with van der Waals surface area (Å²) in [6.45, 7) is 20.2. The number of nitrogens with zero attached hydrogens (tertiary/aromatic N) is 1. The zero-order valence-corrected chi connectivity index (χ0v) is 20.3. The van der Waals surface area contributed by atoms with Gasteiger partial charge in [0.1, 0.15) is 0 Å². The van der Waals surface area contributed by atoms with E-state index in [9.17, 15) is 0 Å². The number of hydrogen-bond acceptors (Lipinski definition) is 1. The van der Waals surface area contributed by atoms with Crippen LogP contribution in [0, 0.1) is 19.8 Å². The van der Waals surface area contributed by atoms with Crippen LogP contribution in [0.1, 0.15) is 94.9 Å². The van der Waals surface area contributed by atoms with Gasteiger partial charge in [-0.05, 0) is 91.7 Å². The van der Waals surface area contributed by atoms with Crippen molar-refractivity contribution in [2.75, 3.05) is 4.90 Å². The average molecular weight is 404 g/mol. The lowest BCUT2D eigenvalue weighted by Crippen LogP contribution is -2.20. The highest BCUT2D eigenvalue weighted by atomic mass is 15.1. The summed E-state index contributed by atoms with van der Waals surface area (Å²) < 4.78 is 0. The van der Waals surface area contributed by atoms with Crippen LogP contribution in [0.3, 0.4) is 0 Å². The van der Waals surface area contributed by atoms with Crippen molar-refractivity contribution in [2.24, 2.45) is 5.92 Å². The summed E-state index contributed by atoms with van der Waals surface area (Å²) in [7, 11) is 0. The van der Waals surface area contributed by atoms with Crippen molar-refractivity contribution in [2.45, 2.75) is 91.9 Å². The summed E-state index contributed by atoms with van der Waals surface area (Å²) in [6, 6.07) is 14.0. The molecule has 0 bridgehead atoms. The number of benzene rings is 2. The second kappa shape index (κ2) is 9.00. The zero-order valence-electron chi connectivity index (χ0n) is 20.3. The van der Waals surface area contributed by atoms with Crippen molar-refractivity contribution in [3.63, 3.8) is 0 Å². The van der Waals surface area contributed by atoms with Crippen molar-refractivity contribution in [3.05, 3.63) is 70.9 Å². The van der Waals surface area contributed by atoms with Gasteiger partial charge in [0.15, 0.2) is 0 Å². The first-order valence-electron chi connectivity index (χ1n) is 11.9. The fourth-order valence-electron chi connectivity index (χ4n) is 5.11. The van der Waals surface area contributed by atoms with Crippen LogP contribution in [0.15, 0.2) is 48.7 Å². The molecule has 1 fully saturated rings. The molecule has 0 saturated heterocycles. The molecule has 2 unspecified atom stereocenters. The Morgan fingerprint density at radius 2 is 1.60 bits per heavy atom. The van der Waals surface area contributed by atoms with Gasteiger partial charge >= 0.3 is 0 Å². The summed E-state index contributed by atoms with van der Waals surface area (Å²) in [6.07, 6.45) is 6.35. The van der Waals surface area contributed by atoms with E-state index in [4.69, 9.17) is 0 Å². The highest BCUT2D eigenvalue weighted by Crippen LogP contribution is 2.51. The van der Waals surface area contributed by atoms with Gasteiger partial charge < -0.3 is 4.90 Å². The van der Waals surface area contributed by atoms with E-state index in [0.29, 0.717) is 0 Å². The van der Waals surface area contributed by atoms with Crippen LogP contribution in [0.2, 0.25) is 0 Å². The van der Waals surface area contributed by atoms with Gasteiger partial charge in [-0.25, -0.2) is 0 Å². The third-order valence-corrected chi connectivity index (χ3v) is 7.51. The van der Waals surface area contributed by atoms with Gasteiger partial charge in [0.2, 0.25) is 0 Å². The first-order chi connectivity index (χ1) is 14.3. The zero-order chi connectivity index (χ0) is 22.1. The Morgan fingerprint density at radius 3 is 2.07 bits per heavy atom. The second-order valence-electron chi connectivity index (χ2n) is 9.78. The third kappa shape index (κ3) is 4.36. The van der Waals surface area contributed by atoms with E-state index in [1.807, 2.05) is 0 Å². The lowest BCUT2D eigenvalue weighted by atomic mass is 9.78. The normalized spacial score (nSPS) is 18.4. The maximum Gasteiger partial charge on any atom is 0.0516 e. The van der Waals surface area contributed by atoms with Crippen LogP contribution in [-0.2, 0) is 5.41 Å². The molecule has 3 rings (SSSR count). The molecule has 1 aliphatic carbocycles. The lowest BCUT2D eigenvalue weighted by Gasteiger charge is -2.31. The number of anilines is 2. The summed E-state index contributed by atoms with van der Waals surface area (Å²) in [4.78, 5) is 2.34. The topological polar surface area (TPSA) is 3.24 Å². The van der Waals surface area contributed by atoms with Crippen LogP contribution in [0.5, 0.6) is 0 Å². The maximum absolute atomic E-state index is 4.33. The summed E-state index contributed by atoms with van der Waals surface area (Å²) in [5, 5.41) is 0. The van der Waals surface area contributed by atoms with Gasteiger partial charge in [0, 0.05) is 11.4 Å². The predicted octanol–water partition coefficient (Wildman–Crippen LogP) is 8.96. The van der Waals surface area contributed by atoms with Gasteiger partial charge in [-0.15, -0.1) is 0 Å². The van der Waals surface area contributed by atoms with Crippen molar-refractivity contribution in [1.82, 2.24) is 0 Å². The molecule has 162 valence electrons. The Hall–Kier alpha value is -2.02. The minimum absolute atomic E-state index is 0.249. The summed E-state index contributed by atoms with van der Waals surface area (Å²) in [5.41, 5.74) is 9.47. The van der Waals surface area contributed by atoms with Gasteiger partial charge in [0.25, 0.3) is 0 Å². The third-order valence-electron chi connectivity index (χ3n) is 7.51. The summed E-state index contributed by atoms with van der Waals surface area (Å²) >= 11 is 0. The molecule has 0 heterocycles. The number of allylic oxidation sites excluding steroid dienone is 1. The molecule has 0 radical (unpaired) electrons. The highest BCUT2D eigenvalue weighted by molar-refractivity contribution is 5.74.